The zero-order valence-corrected chi connectivity index (χ0v) is 15.6. The first kappa shape index (κ1) is 18.7. The Labute approximate surface area is 158 Å². The van der Waals surface area contributed by atoms with Gasteiger partial charge in [-0.2, -0.15) is 0 Å². The van der Waals surface area contributed by atoms with E-state index in [1.54, 1.807) is 41.8 Å². The zero-order chi connectivity index (χ0) is 19.6. The van der Waals surface area contributed by atoms with Gasteiger partial charge in [0.25, 0.3) is 0 Å². The van der Waals surface area contributed by atoms with Crippen molar-refractivity contribution in [3.8, 4) is 0 Å². The van der Waals surface area contributed by atoms with E-state index in [-0.39, 0.29) is 11.5 Å². The van der Waals surface area contributed by atoms with Crippen LogP contribution in [0.3, 0.4) is 0 Å². The Hall–Kier alpha value is -3.13. The first-order valence-corrected chi connectivity index (χ1v) is 9.20. The van der Waals surface area contributed by atoms with Crippen LogP contribution in [0.1, 0.15) is 34.6 Å². The van der Waals surface area contributed by atoms with Crippen LogP contribution in [0, 0.1) is 0 Å². The second kappa shape index (κ2) is 7.63. The molecule has 7 nitrogen and oxygen atoms in total. The largest absolute Gasteiger partial charge is 0.477 e. The van der Waals surface area contributed by atoms with Gasteiger partial charge in [0.1, 0.15) is 10.4 Å². The van der Waals surface area contributed by atoms with Crippen molar-refractivity contribution in [2.75, 3.05) is 11.9 Å². The number of hydrogen-bond acceptors (Lipinski definition) is 6. The van der Waals surface area contributed by atoms with Crippen LogP contribution >= 0.6 is 11.3 Å². The maximum absolute atomic E-state index is 12.4. The van der Waals surface area contributed by atoms with Crippen LogP contribution in [-0.4, -0.2) is 28.2 Å². The maximum Gasteiger partial charge on any atom is 0.341 e. The van der Waals surface area contributed by atoms with E-state index >= 15 is 0 Å². The van der Waals surface area contributed by atoms with E-state index in [2.05, 4.69) is 5.32 Å². The molecule has 2 N–H and O–H groups in total. The summed E-state index contributed by atoms with van der Waals surface area (Å²) in [5, 5.41) is 13.5. The second-order valence-electron chi connectivity index (χ2n) is 5.72. The van der Waals surface area contributed by atoms with E-state index in [9.17, 15) is 19.5 Å². The molecule has 0 amide bonds. The summed E-state index contributed by atoms with van der Waals surface area (Å²) in [7, 11) is 0. The van der Waals surface area contributed by atoms with Crippen LogP contribution in [0.5, 0.6) is 0 Å². The molecule has 1 aromatic carbocycles. The average Bonchev–Trinajstić information content (AvgIpc) is 3.07. The summed E-state index contributed by atoms with van der Waals surface area (Å²) < 4.78 is 6.70. The Kier molecular flexibility index (Phi) is 5.27. The smallest absolute Gasteiger partial charge is 0.341 e. The van der Waals surface area contributed by atoms with Crippen LogP contribution in [0.15, 0.2) is 41.3 Å². The summed E-state index contributed by atoms with van der Waals surface area (Å²) in [6.07, 6.45) is 1.38. The molecule has 0 saturated carbocycles. The molecule has 0 aliphatic carbocycles. The molecule has 0 saturated heterocycles. The molecule has 2 aromatic heterocycles. The van der Waals surface area contributed by atoms with Gasteiger partial charge in [0, 0.05) is 18.4 Å². The van der Waals surface area contributed by atoms with Crippen molar-refractivity contribution >= 4 is 44.2 Å². The minimum atomic E-state index is -1.24. The SMILES string of the molecule is CCOC(=O)c1ccc(Nc2cc3c(=O)c(C(=O)O)cn(CC)c3s2)cc1. The van der Waals surface area contributed by atoms with Gasteiger partial charge < -0.3 is 19.7 Å². The topological polar surface area (TPSA) is 97.6 Å². The lowest BCUT2D eigenvalue weighted by Gasteiger charge is -2.06. The minimum Gasteiger partial charge on any atom is -0.477 e. The van der Waals surface area contributed by atoms with E-state index in [1.807, 2.05) is 6.92 Å². The molecule has 3 aromatic rings. The van der Waals surface area contributed by atoms with Gasteiger partial charge in [0.2, 0.25) is 5.43 Å². The summed E-state index contributed by atoms with van der Waals surface area (Å²) in [6, 6.07) is 8.44. The summed E-state index contributed by atoms with van der Waals surface area (Å²) in [4.78, 5) is 36.1. The number of carboxylic acids is 1. The number of nitrogens with zero attached hydrogens (tertiary/aromatic N) is 1. The monoisotopic (exact) mass is 386 g/mol. The predicted molar refractivity (Wildman–Crippen MR) is 104 cm³/mol. The zero-order valence-electron chi connectivity index (χ0n) is 14.8. The summed E-state index contributed by atoms with van der Waals surface area (Å²) in [6.45, 7) is 4.49. The molecule has 0 aliphatic heterocycles. The molecule has 2 heterocycles. The lowest BCUT2D eigenvalue weighted by atomic mass is 10.2. The molecule has 0 radical (unpaired) electrons. The predicted octanol–water partition coefficient (Wildman–Crippen LogP) is 3.70. The number of hydrogen-bond donors (Lipinski definition) is 2. The molecule has 0 atom stereocenters. The van der Waals surface area contributed by atoms with Crippen molar-refractivity contribution in [1.29, 1.82) is 0 Å². The number of esters is 1. The van der Waals surface area contributed by atoms with Gasteiger partial charge in [0.15, 0.2) is 0 Å². The van der Waals surface area contributed by atoms with Crippen LogP contribution in [-0.2, 0) is 11.3 Å². The molecule has 27 heavy (non-hydrogen) atoms. The molecule has 0 bridgehead atoms. The van der Waals surface area contributed by atoms with Gasteiger partial charge in [-0.1, -0.05) is 11.3 Å². The molecule has 8 heteroatoms. The Balaban J connectivity index is 1.94. The molecular formula is C19H18N2O5S. The third kappa shape index (κ3) is 3.70. The van der Waals surface area contributed by atoms with Gasteiger partial charge >= 0.3 is 11.9 Å². The highest BCUT2D eigenvalue weighted by Gasteiger charge is 2.16. The van der Waals surface area contributed by atoms with Gasteiger partial charge in [-0.25, -0.2) is 9.59 Å². The van der Waals surface area contributed by atoms with E-state index in [0.717, 1.165) is 5.69 Å². The quantitative estimate of drug-likeness (QED) is 0.627. The van der Waals surface area contributed by atoms with Crippen molar-refractivity contribution in [3.05, 3.63) is 57.9 Å². The number of anilines is 2. The molecule has 0 fully saturated rings. The van der Waals surface area contributed by atoms with Crippen LogP contribution < -0.4 is 10.7 Å². The molecule has 3 rings (SSSR count). The molecule has 140 valence electrons. The van der Waals surface area contributed by atoms with Gasteiger partial charge in [-0.15, -0.1) is 0 Å². The number of nitrogens with one attached hydrogen (secondary N) is 1. The molecular weight excluding hydrogens is 368 g/mol. The Morgan fingerprint density at radius 1 is 1.22 bits per heavy atom. The van der Waals surface area contributed by atoms with Crippen LogP contribution in [0.4, 0.5) is 10.7 Å². The van der Waals surface area contributed by atoms with Crippen LogP contribution in [0.2, 0.25) is 0 Å². The standard InChI is InChI=1S/C19H18N2O5S/c1-3-21-10-14(18(23)24)16(22)13-9-15(27-17(13)21)20-12-7-5-11(6-8-12)19(25)26-4-2/h5-10,20H,3-4H2,1-2H3,(H,23,24). The summed E-state index contributed by atoms with van der Waals surface area (Å²) >= 11 is 1.36. The average molecular weight is 386 g/mol. The first-order valence-electron chi connectivity index (χ1n) is 8.39. The van der Waals surface area contributed by atoms with Gasteiger partial charge in [0.05, 0.1) is 22.6 Å². The highest BCUT2D eigenvalue weighted by Crippen LogP contribution is 2.31. The number of rotatable bonds is 6. The lowest BCUT2D eigenvalue weighted by Crippen LogP contribution is -2.17. The van der Waals surface area contributed by atoms with E-state index in [1.165, 1.54) is 17.5 Å². The number of carboxylic acid groups (broad SMARTS) is 1. The number of aromatic nitrogens is 1. The number of aryl methyl sites for hydroxylation is 1. The number of thiophene rings is 1. The van der Waals surface area contributed by atoms with E-state index < -0.39 is 11.4 Å². The molecule has 0 aliphatic rings. The number of fused-ring (bicyclic) bond motifs is 1. The van der Waals surface area contributed by atoms with Gasteiger partial charge in [-0.3, -0.25) is 4.79 Å². The maximum atomic E-state index is 12.4. The highest BCUT2D eigenvalue weighted by atomic mass is 32.1. The second-order valence-corrected chi connectivity index (χ2v) is 6.75. The third-order valence-corrected chi connectivity index (χ3v) is 5.07. The number of aromatic carboxylic acids is 1. The normalized spacial score (nSPS) is 10.7. The number of benzene rings is 1. The van der Waals surface area contributed by atoms with Crippen molar-refractivity contribution in [1.82, 2.24) is 4.57 Å². The van der Waals surface area contributed by atoms with E-state index in [0.29, 0.717) is 33.9 Å². The highest BCUT2D eigenvalue weighted by molar-refractivity contribution is 7.22. The fourth-order valence-electron chi connectivity index (χ4n) is 2.67. The fourth-order valence-corrected chi connectivity index (χ4v) is 3.79. The Morgan fingerprint density at radius 3 is 2.52 bits per heavy atom. The molecule has 0 spiro atoms. The third-order valence-electron chi connectivity index (χ3n) is 3.98. The van der Waals surface area contributed by atoms with Crippen molar-refractivity contribution in [2.24, 2.45) is 0 Å². The Bertz CT molecular complexity index is 1070. The lowest BCUT2D eigenvalue weighted by molar-refractivity contribution is 0.0526. The summed E-state index contributed by atoms with van der Waals surface area (Å²) in [5.41, 5.74) is 0.454. The number of ether oxygens (including phenoxy) is 1. The minimum absolute atomic E-state index is 0.243. The molecule has 0 unspecified atom stereocenters. The van der Waals surface area contributed by atoms with Crippen molar-refractivity contribution in [2.45, 2.75) is 20.4 Å². The summed E-state index contributed by atoms with van der Waals surface area (Å²) in [5.74, 6) is -1.62. The van der Waals surface area contributed by atoms with Crippen molar-refractivity contribution < 1.29 is 19.4 Å². The van der Waals surface area contributed by atoms with E-state index in [4.69, 9.17) is 4.74 Å². The van der Waals surface area contributed by atoms with Gasteiger partial charge in [-0.05, 0) is 44.2 Å². The fraction of sp³-hybridized carbons (Fsp3) is 0.211. The van der Waals surface area contributed by atoms with Crippen molar-refractivity contribution in [3.63, 3.8) is 0 Å². The number of carbonyl (C=O) groups is 2. The number of carbonyl (C=O) groups excluding carboxylic acids is 1. The first-order chi connectivity index (χ1) is 12.9. The number of pyridine rings is 1. The Morgan fingerprint density at radius 2 is 1.93 bits per heavy atom. The van der Waals surface area contributed by atoms with Crippen LogP contribution in [0.25, 0.3) is 10.2 Å².